The number of rotatable bonds is 11. The number of nitrogens with one attached hydrogen (secondary N) is 2. The van der Waals surface area contributed by atoms with Crippen LogP contribution in [-0.4, -0.2) is 39.4 Å². The van der Waals surface area contributed by atoms with Crippen LogP contribution in [-0.2, 0) is 17.9 Å². The lowest BCUT2D eigenvalue weighted by Crippen LogP contribution is -2.37. The monoisotopic (exact) mass is 415 g/mol. The second-order valence-electron chi connectivity index (χ2n) is 7.35. The fourth-order valence-corrected chi connectivity index (χ4v) is 3.46. The Balaban J connectivity index is 1.37. The summed E-state index contributed by atoms with van der Waals surface area (Å²) in [5.74, 6) is 3.20. The van der Waals surface area contributed by atoms with E-state index in [0.29, 0.717) is 25.9 Å². The molecule has 7 nitrogen and oxygen atoms in total. The maximum atomic E-state index is 6.11. The lowest BCUT2D eigenvalue weighted by Gasteiger charge is -2.17. The Hall–Kier alpha value is -2.67. The predicted molar refractivity (Wildman–Crippen MR) is 117 cm³/mol. The molecule has 1 aliphatic rings. The number of methoxy groups -OCH3 is 1. The maximum Gasteiger partial charge on any atom is 0.191 e. The molecule has 0 amide bonds. The summed E-state index contributed by atoms with van der Waals surface area (Å²) in [5.41, 5.74) is 1.11. The highest BCUT2D eigenvalue weighted by molar-refractivity contribution is 5.79. The number of ether oxygens (including phenoxy) is 3. The molecule has 0 spiro atoms. The van der Waals surface area contributed by atoms with E-state index in [1.165, 1.54) is 12.8 Å². The van der Waals surface area contributed by atoms with Crippen LogP contribution in [0, 0.1) is 0 Å². The van der Waals surface area contributed by atoms with Gasteiger partial charge in [-0.15, -0.1) is 0 Å². The zero-order valence-electron chi connectivity index (χ0n) is 18.0. The summed E-state index contributed by atoms with van der Waals surface area (Å²) in [4.78, 5) is 4.27. The van der Waals surface area contributed by atoms with E-state index in [1.807, 2.05) is 24.3 Å². The molecule has 1 fully saturated rings. The van der Waals surface area contributed by atoms with Gasteiger partial charge in [0, 0.05) is 26.7 Å². The van der Waals surface area contributed by atoms with Crippen LogP contribution in [0.5, 0.6) is 11.5 Å². The van der Waals surface area contributed by atoms with Crippen molar-refractivity contribution in [3.05, 3.63) is 47.9 Å². The highest BCUT2D eigenvalue weighted by Gasteiger charge is 2.18. The van der Waals surface area contributed by atoms with Crippen LogP contribution in [0.2, 0.25) is 0 Å². The number of hydrogen-bond donors (Lipinski definition) is 2. The predicted octanol–water partition coefficient (Wildman–Crippen LogP) is 3.88. The van der Waals surface area contributed by atoms with Crippen molar-refractivity contribution in [2.75, 3.05) is 27.3 Å². The highest BCUT2D eigenvalue weighted by Crippen LogP contribution is 2.32. The van der Waals surface area contributed by atoms with E-state index in [-0.39, 0.29) is 0 Å². The Bertz CT molecular complexity index is 771. The number of aliphatic imine (C=N–C) groups is 1. The summed E-state index contributed by atoms with van der Waals surface area (Å²) in [6, 6.07) is 9.86. The second kappa shape index (κ2) is 12.1. The maximum absolute atomic E-state index is 6.11. The summed E-state index contributed by atoms with van der Waals surface area (Å²) >= 11 is 0. The standard InChI is InChI=1S/C23H33N3O4/c1-24-23(25-12-6-13-28-17-20-9-5-14-29-20)26-16-18-10-11-21(22(15-18)27-2)30-19-7-3-4-8-19/h5,9-11,14-15,19H,3-4,6-8,12-13,16-17H2,1-2H3,(H2,24,25,26). The van der Waals surface area contributed by atoms with Gasteiger partial charge in [0.2, 0.25) is 0 Å². The summed E-state index contributed by atoms with van der Waals surface area (Å²) in [6.07, 6.45) is 7.59. The van der Waals surface area contributed by atoms with Crippen molar-refractivity contribution in [3.8, 4) is 11.5 Å². The first kappa shape index (κ1) is 22.0. The summed E-state index contributed by atoms with van der Waals surface area (Å²) in [7, 11) is 3.45. The van der Waals surface area contributed by atoms with Gasteiger partial charge in [0.15, 0.2) is 17.5 Å². The van der Waals surface area contributed by atoms with E-state index in [4.69, 9.17) is 18.6 Å². The first-order valence-electron chi connectivity index (χ1n) is 10.7. The van der Waals surface area contributed by atoms with Gasteiger partial charge in [0.1, 0.15) is 12.4 Å². The van der Waals surface area contributed by atoms with E-state index in [2.05, 4.69) is 21.7 Å². The molecule has 0 atom stereocenters. The molecule has 1 heterocycles. The Morgan fingerprint density at radius 3 is 2.77 bits per heavy atom. The number of benzene rings is 1. The van der Waals surface area contributed by atoms with Crippen molar-refractivity contribution in [1.29, 1.82) is 0 Å². The molecule has 2 aromatic rings. The lowest BCUT2D eigenvalue weighted by atomic mass is 10.2. The fourth-order valence-electron chi connectivity index (χ4n) is 3.46. The molecule has 164 valence electrons. The van der Waals surface area contributed by atoms with Crippen molar-refractivity contribution in [2.45, 2.75) is 51.4 Å². The number of hydrogen-bond acceptors (Lipinski definition) is 5. The van der Waals surface area contributed by atoms with Gasteiger partial charge >= 0.3 is 0 Å². The van der Waals surface area contributed by atoms with Gasteiger partial charge < -0.3 is 29.3 Å². The molecule has 2 N–H and O–H groups in total. The SMILES string of the molecule is CN=C(NCCCOCc1ccco1)NCc1ccc(OC2CCCC2)c(OC)c1. The molecular weight excluding hydrogens is 382 g/mol. The molecule has 0 unspecified atom stereocenters. The average Bonchev–Trinajstić information content (AvgIpc) is 3.47. The van der Waals surface area contributed by atoms with Gasteiger partial charge in [-0.1, -0.05) is 6.07 Å². The molecule has 3 rings (SSSR count). The minimum Gasteiger partial charge on any atom is -0.493 e. The Morgan fingerprint density at radius 2 is 2.03 bits per heavy atom. The van der Waals surface area contributed by atoms with E-state index in [1.54, 1.807) is 20.4 Å². The molecule has 1 saturated carbocycles. The van der Waals surface area contributed by atoms with E-state index >= 15 is 0 Å². The summed E-state index contributed by atoms with van der Waals surface area (Å²) in [5, 5.41) is 6.63. The number of furan rings is 1. The van der Waals surface area contributed by atoms with Crippen LogP contribution >= 0.6 is 0 Å². The van der Waals surface area contributed by atoms with Crippen LogP contribution in [0.3, 0.4) is 0 Å². The third-order valence-corrected chi connectivity index (χ3v) is 5.09. The van der Waals surface area contributed by atoms with Gasteiger partial charge in [-0.25, -0.2) is 0 Å². The van der Waals surface area contributed by atoms with Gasteiger partial charge in [0.05, 0.1) is 19.5 Å². The molecule has 0 saturated heterocycles. The van der Waals surface area contributed by atoms with E-state index in [9.17, 15) is 0 Å². The van der Waals surface area contributed by atoms with Crippen LogP contribution in [0.15, 0.2) is 46.0 Å². The van der Waals surface area contributed by atoms with Crippen LogP contribution < -0.4 is 20.1 Å². The van der Waals surface area contributed by atoms with Crippen molar-refractivity contribution in [2.24, 2.45) is 4.99 Å². The van der Waals surface area contributed by atoms with Crippen molar-refractivity contribution >= 4 is 5.96 Å². The topological polar surface area (TPSA) is 77.3 Å². The zero-order chi connectivity index (χ0) is 21.0. The zero-order valence-corrected chi connectivity index (χ0v) is 18.0. The minimum atomic E-state index is 0.314. The normalized spacial score (nSPS) is 14.7. The quantitative estimate of drug-likeness (QED) is 0.329. The smallest absolute Gasteiger partial charge is 0.191 e. The first-order valence-corrected chi connectivity index (χ1v) is 10.7. The molecule has 1 aromatic carbocycles. The molecule has 1 aromatic heterocycles. The van der Waals surface area contributed by atoms with E-state index < -0.39 is 0 Å². The van der Waals surface area contributed by atoms with Crippen LogP contribution in [0.4, 0.5) is 0 Å². The van der Waals surface area contributed by atoms with Crippen molar-refractivity contribution < 1.29 is 18.6 Å². The number of guanidine groups is 1. The largest absolute Gasteiger partial charge is 0.493 e. The van der Waals surface area contributed by atoms with Crippen LogP contribution in [0.1, 0.15) is 43.4 Å². The Labute approximate surface area is 178 Å². The average molecular weight is 416 g/mol. The molecular formula is C23H33N3O4. The van der Waals surface area contributed by atoms with Gasteiger partial charge in [-0.3, -0.25) is 4.99 Å². The lowest BCUT2D eigenvalue weighted by molar-refractivity contribution is 0.105. The van der Waals surface area contributed by atoms with E-state index in [0.717, 1.165) is 54.6 Å². The molecule has 0 aliphatic heterocycles. The highest BCUT2D eigenvalue weighted by atomic mass is 16.5. The third-order valence-electron chi connectivity index (χ3n) is 5.09. The Kier molecular flexibility index (Phi) is 8.90. The van der Waals surface area contributed by atoms with Gasteiger partial charge in [0.25, 0.3) is 0 Å². The minimum absolute atomic E-state index is 0.314. The van der Waals surface area contributed by atoms with Gasteiger partial charge in [-0.2, -0.15) is 0 Å². The van der Waals surface area contributed by atoms with Gasteiger partial charge in [-0.05, 0) is 61.9 Å². The summed E-state index contributed by atoms with van der Waals surface area (Å²) in [6.45, 7) is 2.58. The third kappa shape index (κ3) is 6.99. The van der Waals surface area contributed by atoms with Crippen molar-refractivity contribution in [1.82, 2.24) is 10.6 Å². The van der Waals surface area contributed by atoms with Crippen molar-refractivity contribution in [3.63, 3.8) is 0 Å². The Morgan fingerprint density at radius 1 is 1.17 bits per heavy atom. The number of nitrogens with zero attached hydrogens (tertiary/aromatic N) is 1. The van der Waals surface area contributed by atoms with Crippen LogP contribution in [0.25, 0.3) is 0 Å². The molecule has 30 heavy (non-hydrogen) atoms. The summed E-state index contributed by atoms with van der Waals surface area (Å²) < 4.78 is 22.5. The molecule has 1 aliphatic carbocycles. The molecule has 7 heteroatoms. The molecule has 0 bridgehead atoms. The first-order chi connectivity index (χ1) is 14.8. The molecule has 0 radical (unpaired) electrons. The fraction of sp³-hybridized carbons (Fsp3) is 0.522. The second-order valence-corrected chi connectivity index (χ2v) is 7.35.